The van der Waals surface area contributed by atoms with E-state index in [1.807, 2.05) is 51.2 Å². The standard InChI is InChI=1S/C22H23N3O3S/c1-4-25-21-7-5-16(9-20(21)14-29(25,27)28)18-10-19(12-23-11-18)17-6-8-22(26)24(13-17)15(2)3/h5-13,15H,4,14H2,1-3H3. The highest BCUT2D eigenvalue weighted by atomic mass is 32.2. The molecule has 0 saturated carbocycles. The van der Waals surface area contributed by atoms with Crippen molar-refractivity contribution < 1.29 is 8.42 Å². The minimum absolute atomic E-state index is 0.0243. The third-order valence-corrected chi connectivity index (χ3v) is 7.01. The molecule has 0 bridgehead atoms. The third kappa shape index (κ3) is 3.46. The average molecular weight is 410 g/mol. The van der Waals surface area contributed by atoms with E-state index in [1.54, 1.807) is 29.1 Å². The van der Waals surface area contributed by atoms with Gasteiger partial charge in [0.2, 0.25) is 10.0 Å². The molecule has 7 heteroatoms. The third-order valence-electron chi connectivity index (χ3n) is 5.21. The molecular formula is C22H23N3O3S. The number of anilines is 1. The van der Waals surface area contributed by atoms with Gasteiger partial charge in [-0.2, -0.15) is 0 Å². The molecular weight excluding hydrogens is 386 g/mol. The highest BCUT2D eigenvalue weighted by Gasteiger charge is 2.31. The van der Waals surface area contributed by atoms with E-state index in [0.29, 0.717) is 6.54 Å². The molecule has 0 saturated heterocycles. The number of aromatic nitrogens is 2. The number of nitrogens with zero attached hydrogens (tertiary/aromatic N) is 3. The van der Waals surface area contributed by atoms with Crippen molar-refractivity contribution in [2.75, 3.05) is 10.8 Å². The number of sulfonamides is 1. The van der Waals surface area contributed by atoms with Gasteiger partial charge < -0.3 is 4.57 Å². The van der Waals surface area contributed by atoms with Crippen LogP contribution in [0.25, 0.3) is 22.3 Å². The lowest BCUT2D eigenvalue weighted by atomic mass is 10.0. The molecule has 6 nitrogen and oxygen atoms in total. The molecule has 1 aromatic carbocycles. The summed E-state index contributed by atoms with van der Waals surface area (Å²) in [6, 6.07) is 11.2. The largest absolute Gasteiger partial charge is 0.312 e. The molecule has 3 heterocycles. The fourth-order valence-corrected chi connectivity index (χ4v) is 5.40. The van der Waals surface area contributed by atoms with Gasteiger partial charge in [0.1, 0.15) is 0 Å². The molecule has 1 aliphatic rings. The molecule has 3 aromatic rings. The molecule has 0 amide bonds. The average Bonchev–Trinajstić information content (AvgIpc) is 2.96. The van der Waals surface area contributed by atoms with Crippen LogP contribution in [0.1, 0.15) is 32.4 Å². The van der Waals surface area contributed by atoms with Gasteiger partial charge in [0, 0.05) is 48.4 Å². The van der Waals surface area contributed by atoms with Crippen molar-refractivity contribution in [2.45, 2.75) is 32.6 Å². The molecule has 0 aliphatic carbocycles. The fourth-order valence-electron chi connectivity index (χ4n) is 3.75. The maximum atomic E-state index is 12.3. The van der Waals surface area contributed by atoms with Crippen molar-refractivity contribution in [3.8, 4) is 22.3 Å². The summed E-state index contributed by atoms with van der Waals surface area (Å²) in [6.45, 7) is 6.21. The first-order valence-electron chi connectivity index (χ1n) is 9.61. The second-order valence-electron chi connectivity index (χ2n) is 7.48. The van der Waals surface area contributed by atoms with Crippen molar-refractivity contribution >= 4 is 15.7 Å². The molecule has 150 valence electrons. The lowest BCUT2D eigenvalue weighted by Crippen LogP contribution is -2.25. The van der Waals surface area contributed by atoms with Gasteiger partial charge in [-0.15, -0.1) is 0 Å². The second kappa shape index (κ2) is 7.15. The second-order valence-corrected chi connectivity index (χ2v) is 9.38. The van der Waals surface area contributed by atoms with Gasteiger partial charge in [-0.05, 0) is 61.7 Å². The smallest absolute Gasteiger partial charge is 0.250 e. The highest BCUT2D eigenvalue weighted by molar-refractivity contribution is 7.92. The van der Waals surface area contributed by atoms with Crippen LogP contribution in [0.15, 0.2) is 59.8 Å². The van der Waals surface area contributed by atoms with Gasteiger partial charge >= 0.3 is 0 Å². The molecule has 0 atom stereocenters. The zero-order chi connectivity index (χ0) is 20.8. The number of pyridine rings is 2. The molecule has 0 unspecified atom stereocenters. The maximum absolute atomic E-state index is 12.3. The van der Waals surface area contributed by atoms with Gasteiger partial charge in [-0.25, -0.2) is 8.42 Å². The minimum atomic E-state index is -3.28. The zero-order valence-corrected chi connectivity index (χ0v) is 17.5. The quantitative estimate of drug-likeness (QED) is 0.657. The Balaban J connectivity index is 1.75. The van der Waals surface area contributed by atoms with Crippen LogP contribution in [-0.2, 0) is 15.8 Å². The van der Waals surface area contributed by atoms with Crippen LogP contribution in [0.3, 0.4) is 0 Å². The van der Waals surface area contributed by atoms with Crippen molar-refractivity contribution in [1.82, 2.24) is 9.55 Å². The molecule has 0 radical (unpaired) electrons. The zero-order valence-electron chi connectivity index (χ0n) is 16.7. The van der Waals surface area contributed by atoms with Crippen LogP contribution in [-0.4, -0.2) is 24.5 Å². The van der Waals surface area contributed by atoms with Gasteiger partial charge in [-0.1, -0.05) is 6.07 Å². The predicted octanol–water partition coefficient (Wildman–Crippen LogP) is 3.83. The Labute approximate surface area is 170 Å². The van der Waals surface area contributed by atoms with E-state index in [9.17, 15) is 13.2 Å². The summed E-state index contributed by atoms with van der Waals surface area (Å²) in [5.74, 6) is 0.0243. The van der Waals surface area contributed by atoms with E-state index >= 15 is 0 Å². The lowest BCUT2D eigenvalue weighted by Gasteiger charge is -2.15. The number of rotatable bonds is 4. The van der Waals surface area contributed by atoms with Crippen LogP contribution in [0.2, 0.25) is 0 Å². The van der Waals surface area contributed by atoms with Gasteiger partial charge in [0.25, 0.3) is 5.56 Å². The molecule has 4 rings (SSSR count). The van der Waals surface area contributed by atoms with E-state index in [1.165, 1.54) is 4.31 Å². The van der Waals surface area contributed by atoms with Gasteiger partial charge in [-0.3, -0.25) is 14.1 Å². The summed E-state index contributed by atoms with van der Waals surface area (Å²) in [5, 5.41) is 0. The Bertz CT molecular complexity index is 1250. The lowest BCUT2D eigenvalue weighted by molar-refractivity contribution is 0.579. The molecule has 0 spiro atoms. The summed E-state index contributed by atoms with van der Waals surface area (Å²) in [5.41, 5.74) is 5.16. The van der Waals surface area contributed by atoms with Crippen LogP contribution in [0.4, 0.5) is 5.69 Å². The van der Waals surface area contributed by atoms with E-state index in [4.69, 9.17) is 0 Å². The molecule has 2 aromatic heterocycles. The van der Waals surface area contributed by atoms with E-state index < -0.39 is 10.0 Å². The predicted molar refractivity (Wildman–Crippen MR) is 115 cm³/mol. The van der Waals surface area contributed by atoms with Crippen LogP contribution < -0.4 is 9.86 Å². The van der Waals surface area contributed by atoms with E-state index in [-0.39, 0.29) is 17.4 Å². The summed E-state index contributed by atoms with van der Waals surface area (Å²) >= 11 is 0. The Kier molecular flexibility index (Phi) is 4.78. The Morgan fingerprint density at radius 3 is 2.38 bits per heavy atom. The first-order valence-corrected chi connectivity index (χ1v) is 11.2. The van der Waals surface area contributed by atoms with Crippen molar-refractivity contribution in [3.05, 3.63) is 70.9 Å². The molecule has 29 heavy (non-hydrogen) atoms. The van der Waals surface area contributed by atoms with Crippen molar-refractivity contribution in [2.24, 2.45) is 0 Å². The topological polar surface area (TPSA) is 72.3 Å². The molecule has 1 aliphatic heterocycles. The van der Waals surface area contributed by atoms with E-state index in [2.05, 4.69) is 4.98 Å². The monoisotopic (exact) mass is 409 g/mol. The molecule has 0 N–H and O–H groups in total. The first kappa shape index (κ1) is 19.4. The number of fused-ring (bicyclic) bond motifs is 1. The Hall–Kier alpha value is -2.93. The normalized spacial score (nSPS) is 15.0. The number of hydrogen-bond donors (Lipinski definition) is 0. The van der Waals surface area contributed by atoms with Gasteiger partial charge in [0.05, 0.1) is 11.4 Å². The summed E-state index contributed by atoms with van der Waals surface area (Å²) < 4.78 is 27.8. The Morgan fingerprint density at radius 1 is 1.00 bits per heavy atom. The van der Waals surface area contributed by atoms with Gasteiger partial charge in [0.15, 0.2) is 0 Å². The van der Waals surface area contributed by atoms with Crippen LogP contribution in [0.5, 0.6) is 0 Å². The Morgan fingerprint density at radius 2 is 1.69 bits per heavy atom. The maximum Gasteiger partial charge on any atom is 0.250 e. The number of hydrogen-bond acceptors (Lipinski definition) is 4. The minimum Gasteiger partial charge on any atom is -0.312 e. The summed E-state index contributed by atoms with van der Waals surface area (Å²) in [7, 11) is -3.28. The summed E-state index contributed by atoms with van der Waals surface area (Å²) in [4.78, 5) is 16.4. The SMILES string of the molecule is CCN1c2ccc(-c3cncc(-c4ccc(=O)n(C(C)C)c4)c3)cc2CS1(=O)=O. The fraction of sp³-hybridized carbons (Fsp3) is 0.273. The number of benzene rings is 1. The summed E-state index contributed by atoms with van der Waals surface area (Å²) in [6.07, 6.45) is 5.39. The van der Waals surface area contributed by atoms with Crippen LogP contribution in [0, 0.1) is 0 Å². The molecule has 0 fully saturated rings. The highest BCUT2D eigenvalue weighted by Crippen LogP contribution is 2.36. The van der Waals surface area contributed by atoms with Crippen molar-refractivity contribution in [1.29, 1.82) is 0 Å². The van der Waals surface area contributed by atoms with Crippen LogP contribution >= 0.6 is 0 Å². The van der Waals surface area contributed by atoms with E-state index in [0.717, 1.165) is 33.5 Å². The van der Waals surface area contributed by atoms with Crippen molar-refractivity contribution in [3.63, 3.8) is 0 Å². The first-order chi connectivity index (χ1) is 13.8.